The van der Waals surface area contributed by atoms with Gasteiger partial charge in [0, 0.05) is 17.0 Å². The lowest BCUT2D eigenvalue weighted by molar-refractivity contribution is 0.0601. The first-order chi connectivity index (χ1) is 18.8. The van der Waals surface area contributed by atoms with Crippen LogP contribution in [0, 0.1) is 12.8 Å². The molecule has 5 rings (SSSR count). The van der Waals surface area contributed by atoms with Crippen LogP contribution in [0.5, 0.6) is 5.75 Å². The Morgan fingerprint density at radius 2 is 1.92 bits per heavy atom. The Morgan fingerprint density at radius 3 is 2.59 bits per heavy atom. The van der Waals surface area contributed by atoms with E-state index in [1.54, 1.807) is 4.57 Å². The molecule has 1 amide bonds. The summed E-state index contributed by atoms with van der Waals surface area (Å²) < 4.78 is 8.43. The topological polar surface area (TPSA) is 90.5 Å². The predicted octanol–water partition coefficient (Wildman–Crippen LogP) is 5.47. The summed E-state index contributed by atoms with van der Waals surface area (Å²) in [6, 6.07) is 10.8. The SMILES string of the molecule is Cc1ccc(C(=O)N(CCCN)C(c2nc3c(c(=O)n2Cc2ccc(Cl)s2)OC2C=CC=CC32)C(C)C)cc1. The van der Waals surface area contributed by atoms with Crippen LogP contribution in [0.1, 0.15) is 64.5 Å². The molecule has 3 unspecified atom stereocenters. The molecule has 0 bridgehead atoms. The van der Waals surface area contributed by atoms with Crippen LogP contribution in [0.25, 0.3) is 0 Å². The van der Waals surface area contributed by atoms with E-state index < -0.39 is 6.04 Å². The van der Waals surface area contributed by atoms with Crippen LogP contribution in [-0.2, 0) is 6.54 Å². The van der Waals surface area contributed by atoms with Crippen molar-refractivity contribution in [2.24, 2.45) is 11.7 Å². The zero-order valence-corrected chi connectivity index (χ0v) is 23.9. The van der Waals surface area contributed by atoms with Crippen LogP contribution in [0.4, 0.5) is 0 Å². The van der Waals surface area contributed by atoms with E-state index in [0.29, 0.717) is 40.9 Å². The van der Waals surface area contributed by atoms with Gasteiger partial charge in [0.2, 0.25) is 5.75 Å². The molecule has 204 valence electrons. The molecule has 0 saturated carbocycles. The third kappa shape index (κ3) is 5.46. The summed E-state index contributed by atoms with van der Waals surface area (Å²) in [4.78, 5) is 36.0. The number of fused-ring (bicyclic) bond motifs is 3. The average molecular weight is 565 g/mol. The molecule has 0 saturated heterocycles. The van der Waals surface area contributed by atoms with Crippen molar-refractivity contribution in [1.82, 2.24) is 14.5 Å². The number of nitrogens with two attached hydrogens (primary N) is 1. The van der Waals surface area contributed by atoms with Gasteiger partial charge in [-0.3, -0.25) is 14.2 Å². The number of benzene rings is 1. The Hall–Kier alpha value is -3.20. The van der Waals surface area contributed by atoms with Crippen molar-refractivity contribution >= 4 is 28.8 Å². The summed E-state index contributed by atoms with van der Waals surface area (Å²) >= 11 is 7.65. The summed E-state index contributed by atoms with van der Waals surface area (Å²) in [6.07, 6.45) is 8.19. The van der Waals surface area contributed by atoms with E-state index in [4.69, 9.17) is 27.1 Å². The van der Waals surface area contributed by atoms with E-state index in [2.05, 4.69) is 13.8 Å². The van der Waals surface area contributed by atoms with Gasteiger partial charge in [-0.25, -0.2) is 4.98 Å². The Labute approximate surface area is 237 Å². The number of thiophene rings is 1. The first-order valence-corrected chi connectivity index (χ1v) is 14.5. The molecule has 1 aliphatic heterocycles. The van der Waals surface area contributed by atoms with Crippen molar-refractivity contribution in [2.45, 2.75) is 51.8 Å². The molecule has 7 nitrogen and oxygen atoms in total. The average Bonchev–Trinajstić information content (AvgIpc) is 3.51. The first-order valence-electron chi connectivity index (χ1n) is 13.3. The number of aromatic nitrogens is 2. The first kappa shape index (κ1) is 27.4. The molecule has 2 aliphatic rings. The molecule has 1 aromatic carbocycles. The molecule has 3 heterocycles. The lowest BCUT2D eigenvalue weighted by Crippen LogP contribution is -2.42. The van der Waals surface area contributed by atoms with Crippen LogP contribution in [0.15, 0.2) is 65.5 Å². The minimum atomic E-state index is -0.471. The van der Waals surface area contributed by atoms with Gasteiger partial charge in [-0.1, -0.05) is 61.4 Å². The molecular formula is C30H33ClN4O3S. The number of nitrogens with zero attached hydrogens (tertiary/aromatic N) is 3. The number of aryl methyl sites for hydroxylation is 1. The van der Waals surface area contributed by atoms with E-state index in [-0.39, 0.29) is 41.7 Å². The summed E-state index contributed by atoms with van der Waals surface area (Å²) in [6.45, 7) is 7.26. The second-order valence-electron chi connectivity index (χ2n) is 10.4. The van der Waals surface area contributed by atoms with E-state index in [1.165, 1.54) is 11.3 Å². The summed E-state index contributed by atoms with van der Waals surface area (Å²) in [5.41, 5.74) is 7.94. The number of hydrogen-bond donors (Lipinski definition) is 1. The number of carbonyl (C=O) groups is 1. The lowest BCUT2D eigenvalue weighted by Gasteiger charge is -2.35. The van der Waals surface area contributed by atoms with Crippen molar-refractivity contribution in [1.29, 1.82) is 0 Å². The summed E-state index contributed by atoms with van der Waals surface area (Å²) in [5.74, 6) is 0.509. The predicted molar refractivity (Wildman–Crippen MR) is 156 cm³/mol. The quantitative estimate of drug-likeness (QED) is 0.372. The van der Waals surface area contributed by atoms with Crippen molar-refractivity contribution in [3.63, 3.8) is 0 Å². The highest BCUT2D eigenvalue weighted by molar-refractivity contribution is 7.16. The number of rotatable bonds is 9. The number of amides is 1. The number of allylic oxidation sites excluding steroid dienone is 2. The summed E-state index contributed by atoms with van der Waals surface area (Å²) in [5, 5.41) is 0. The van der Waals surface area contributed by atoms with Gasteiger partial charge in [0.15, 0.2) is 0 Å². The Bertz CT molecular complexity index is 1470. The summed E-state index contributed by atoms with van der Waals surface area (Å²) in [7, 11) is 0. The third-order valence-electron chi connectivity index (χ3n) is 7.17. The highest BCUT2D eigenvalue weighted by Crippen LogP contribution is 2.40. The van der Waals surface area contributed by atoms with Crippen molar-refractivity contribution in [3.8, 4) is 5.75 Å². The van der Waals surface area contributed by atoms with E-state index in [1.807, 2.05) is 72.5 Å². The molecule has 1 aliphatic carbocycles. The fourth-order valence-corrected chi connectivity index (χ4v) is 6.33. The van der Waals surface area contributed by atoms with Crippen LogP contribution in [0.3, 0.4) is 0 Å². The van der Waals surface area contributed by atoms with Gasteiger partial charge in [0.05, 0.1) is 22.8 Å². The van der Waals surface area contributed by atoms with Crippen LogP contribution < -0.4 is 16.0 Å². The Morgan fingerprint density at radius 1 is 1.18 bits per heavy atom. The molecule has 2 N–H and O–H groups in total. The molecule has 39 heavy (non-hydrogen) atoms. The fourth-order valence-electron chi connectivity index (χ4n) is 5.25. The van der Waals surface area contributed by atoms with Gasteiger partial charge in [0.1, 0.15) is 17.6 Å². The van der Waals surface area contributed by atoms with Gasteiger partial charge >= 0.3 is 0 Å². The van der Waals surface area contributed by atoms with Crippen molar-refractivity contribution in [2.75, 3.05) is 13.1 Å². The van der Waals surface area contributed by atoms with Crippen LogP contribution in [0.2, 0.25) is 4.34 Å². The maximum Gasteiger partial charge on any atom is 0.296 e. The van der Waals surface area contributed by atoms with Crippen LogP contribution in [-0.4, -0.2) is 39.6 Å². The molecule has 3 aromatic rings. The normalized spacial score (nSPS) is 18.1. The maximum atomic E-state index is 14.1. The number of carbonyl (C=O) groups excluding carboxylic acids is 1. The molecular weight excluding hydrogens is 532 g/mol. The van der Waals surface area contributed by atoms with Gasteiger partial charge in [-0.05, 0) is 56.1 Å². The Kier molecular flexibility index (Phi) is 8.07. The number of halogens is 1. The smallest absolute Gasteiger partial charge is 0.296 e. The lowest BCUT2D eigenvalue weighted by atomic mass is 9.95. The van der Waals surface area contributed by atoms with Crippen LogP contribution >= 0.6 is 22.9 Å². The van der Waals surface area contributed by atoms with E-state index in [9.17, 15) is 9.59 Å². The highest BCUT2D eigenvalue weighted by atomic mass is 35.5. The van der Waals surface area contributed by atoms with E-state index >= 15 is 0 Å². The van der Waals surface area contributed by atoms with E-state index in [0.717, 1.165) is 10.4 Å². The van der Waals surface area contributed by atoms with Gasteiger partial charge in [-0.2, -0.15) is 0 Å². The number of ether oxygens (including phenoxy) is 1. The molecule has 0 spiro atoms. The zero-order chi connectivity index (χ0) is 27.7. The monoisotopic (exact) mass is 564 g/mol. The number of hydrogen-bond acceptors (Lipinski definition) is 6. The van der Waals surface area contributed by atoms with Gasteiger partial charge in [0.25, 0.3) is 11.5 Å². The molecule has 9 heteroatoms. The zero-order valence-electron chi connectivity index (χ0n) is 22.3. The minimum absolute atomic E-state index is 0.0415. The van der Waals surface area contributed by atoms with Crippen molar-refractivity contribution in [3.05, 3.63) is 103 Å². The molecule has 3 atom stereocenters. The largest absolute Gasteiger partial charge is 0.478 e. The molecule has 2 aromatic heterocycles. The van der Waals surface area contributed by atoms with Gasteiger partial charge in [-0.15, -0.1) is 11.3 Å². The fraction of sp³-hybridized carbons (Fsp3) is 0.367. The highest BCUT2D eigenvalue weighted by Gasteiger charge is 2.40. The third-order valence-corrected chi connectivity index (χ3v) is 8.39. The standard InChI is InChI=1S/C30H33ClN4O3S/c1-18(2)26(34(16-6-15-32)29(36)20-11-9-19(3)10-12-20)28-33-25-22-7-4-5-8-23(22)38-27(25)30(37)35(28)17-21-13-14-24(31)39-21/h4-5,7-14,18,22-23,26H,6,15-17,32H2,1-3H3. The molecule has 0 radical (unpaired) electrons. The second-order valence-corrected chi connectivity index (χ2v) is 12.2. The maximum absolute atomic E-state index is 14.1. The molecule has 0 fully saturated rings. The van der Waals surface area contributed by atoms with Gasteiger partial charge < -0.3 is 15.4 Å². The van der Waals surface area contributed by atoms with Crippen molar-refractivity contribution < 1.29 is 9.53 Å². The second kappa shape index (κ2) is 11.5. The Balaban J connectivity index is 1.68. The minimum Gasteiger partial charge on any atom is -0.478 e.